The highest BCUT2D eigenvalue weighted by Crippen LogP contribution is 2.44. The predicted molar refractivity (Wildman–Crippen MR) is 75.5 cm³/mol. The van der Waals surface area contributed by atoms with E-state index in [4.69, 9.17) is 16.3 Å². The van der Waals surface area contributed by atoms with Crippen molar-refractivity contribution in [1.82, 2.24) is 0 Å². The summed E-state index contributed by atoms with van der Waals surface area (Å²) in [7, 11) is 0. The second-order valence-electron chi connectivity index (χ2n) is 5.04. The quantitative estimate of drug-likeness (QED) is 0.728. The van der Waals surface area contributed by atoms with Crippen LogP contribution in [0, 0.1) is 0 Å². The molecule has 0 saturated carbocycles. The number of rotatable bonds is 1. The largest absolute Gasteiger partial charge is 0.443 e. The molecule has 0 spiro atoms. The second kappa shape index (κ2) is 5.02. The molecule has 18 heavy (non-hydrogen) atoms. The molecule has 0 aromatic heterocycles. The monoisotopic (exact) mass is 285 g/mol. The maximum atomic E-state index is 12.2. The molecule has 2 rings (SSSR count). The summed E-state index contributed by atoms with van der Waals surface area (Å²) in [6.07, 6.45) is -0.342. The van der Waals surface area contributed by atoms with Crippen molar-refractivity contribution in [3.8, 4) is 0 Å². The molecule has 1 atom stereocenters. The van der Waals surface area contributed by atoms with E-state index in [9.17, 15) is 4.79 Å². The summed E-state index contributed by atoms with van der Waals surface area (Å²) in [5.74, 6) is 0.374. The van der Waals surface area contributed by atoms with Gasteiger partial charge in [-0.2, -0.15) is 0 Å². The van der Waals surface area contributed by atoms with Gasteiger partial charge in [0.15, 0.2) is 0 Å². The Morgan fingerprint density at radius 1 is 1.44 bits per heavy atom. The third kappa shape index (κ3) is 2.75. The summed E-state index contributed by atoms with van der Waals surface area (Å²) >= 11 is 7.53. The Hall–Kier alpha value is -0.870. The van der Waals surface area contributed by atoms with Gasteiger partial charge in [-0.05, 0) is 32.9 Å². The molecule has 0 aliphatic carbocycles. The van der Waals surface area contributed by atoms with Crippen molar-refractivity contribution in [1.29, 1.82) is 0 Å². The number of anilines is 1. The van der Waals surface area contributed by atoms with Gasteiger partial charge in [0, 0.05) is 4.90 Å². The lowest BCUT2D eigenvalue weighted by atomic mass is 10.2. The minimum Gasteiger partial charge on any atom is -0.443 e. The van der Waals surface area contributed by atoms with Crippen LogP contribution in [0.2, 0.25) is 0 Å². The summed E-state index contributed by atoms with van der Waals surface area (Å²) < 4.78 is 5.43. The minimum absolute atomic E-state index is 0.0982. The molecule has 1 unspecified atom stereocenters. The Labute approximate surface area is 116 Å². The fraction of sp³-hybridized carbons (Fsp3) is 0.462. The van der Waals surface area contributed by atoms with E-state index in [1.807, 2.05) is 45.0 Å². The molecule has 1 aromatic rings. The van der Waals surface area contributed by atoms with Crippen LogP contribution >= 0.6 is 23.4 Å². The van der Waals surface area contributed by atoms with E-state index in [1.165, 1.54) is 0 Å². The van der Waals surface area contributed by atoms with Gasteiger partial charge in [-0.25, -0.2) is 4.79 Å². The molecule has 1 aliphatic rings. The van der Waals surface area contributed by atoms with E-state index in [0.29, 0.717) is 5.88 Å². The Kier molecular flexibility index (Phi) is 3.78. The zero-order valence-electron chi connectivity index (χ0n) is 10.6. The standard InChI is InChI=1S/C13H16ClNO2S/c1-13(2,3)17-12(16)15-9-6-4-5-7-10(9)18-11(15)8-14/h4-7,11H,8H2,1-3H3. The number of thioether (sulfide) groups is 1. The van der Waals surface area contributed by atoms with E-state index in [0.717, 1.165) is 10.6 Å². The molecule has 0 bridgehead atoms. The molecule has 0 fully saturated rings. The third-order valence-electron chi connectivity index (χ3n) is 2.40. The molecular weight excluding hydrogens is 270 g/mol. The highest BCUT2D eigenvalue weighted by Gasteiger charge is 2.36. The first-order valence-corrected chi connectivity index (χ1v) is 7.17. The first-order valence-electron chi connectivity index (χ1n) is 5.76. The number of benzene rings is 1. The predicted octanol–water partition coefficient (Wildman–Crippen LogP) is 4.10. The SMILES string of the molecule is CC(C)(C)OC(=O)N1c2ccccc2SC1CCl. The highest BCUT2D eigenvalue weighted by molar-refractivity contribution is 8.00. The Morgan fingerprint density at radius 2 is 2.11 bits per heavy atom. The van der Waals surface area contributed by atoms with Crippen LogP contribution in [-0.4, -0.2) is 22.9 Å². The number of carbonyl (C=O) groups is 1. The smallest absolute Gasteiger partial charge is 0.415 e. The number of carbonyl (C=O) groups excluding carboxylic acids is 1. The number of hydrogen-bond donors (Lipinski definition) is 0. The van der Waals surface area contributed by atoms with Crippen molar-refractivity contribution in [3.63, 3.8) is 0 Å². The number of halogens is 1. The van der Waals surface area contributed by atoms with Crippen molar-refractivity contribution in [2.24, 2.45) is 0 Å². The molecule has 0 N–H and O–H groups in total. The highest BCUT2D eigenvalue weighted by atomic mass is 35.5. The van der Waals surface area contributed by atoms with Crippen molar-refractivity contribution >= 4 is 35.1 Å². The summed E-state index contributed by atoms with van der Waals surface area (Å²) in [4.78, 5) is 14.9. The molecule has 0 radical (unpaired) electrons. The Bertz CT molecular complexity index is 459. The van der Waals surface area contributed by atoms with Gasteiger partial charge in [-0.1, -0.05) is 23.9 Å². The van der Waals surface area contributed by atoms with E-state index >= 15 is 0 Å². The molecule has 1 amide bonds. The Balaban J connectivity index is 2.27. The van der Waals surface area contributed by atoms with Crippen LogP contribution in [0.5, 0.6) is 0 Å². The lowest BCUT2D eigenvalue weighted by Gasteiger charge is -2.27. The van der Waals surface area contributed by atoms with Crippen LogP contribution in [0.25, 0.3) is 0 Å². The third-order valence-corrected chi connectivity index (χ3v) is 4.12. The van der Waals surface area contributed by atoms with Crippen molar-refractivity contribution < 1.29 is 9.53 Å². The number of fused-ring (bicyclic) bond motifs is 1. The van der Waals surface area contributed by atoms with Gasteiger partial charge in [-0.15, -0.1) is 11.6 Å². The van der Waals surface area contributed by atoms with Gasteiger partial charge in [0.2, 0.25) is 0 Å². The Morgan fingerprint density at radius 3 is 2.72 bits per heavy atom. The first kappa shape index (κ1) is 13.6. The van der Waals surface area contributed by atoms with Crippen LogP contribution in [0.4, 0.5) is 10.5 Å². The number of nitrogens with zero attached hydrogens (tertiary/aromatic N) is 1. The number of alkyl halides is 1. The number of amides is 1. The van der Waals surface area contributed by atoms with Crippen molar-refractivity contribution in [2.45, 2.75) is 36.6 Å². The molecule has 0 saturated heterocycles. The van der Waals surface area contributed by atoms with E-state index in [2.05, 4.69) is 0 Å². The lowest BCUT2D eigenvalue weighted by Crippen LogP contribution is -2.40. The fourth-order valence-electron chi connectivity index (χ4n) is 1.74. The van der Waals surface area contributed by atoms with Gasteiger partial charge in [0.25, 0.3) is 0 Å². The second-order valence-corrected chi connectivity index (χ2v) is 6.57. The molecular formula is C13H16ClNO2S. The average molecular weight is 286 g/mol. The minimum atomic E-state index is -0.504. The zero-order chi connectivity index (χ0) is 13.3. The average Bonchev–Trinajstić information content (AvgIpc) is 2.64. The number of ether oxygens (including phenoxy) is 1. The van der Waals surface area contributed by atoms with Crippen LogP contribution in [0.15, 0.2) is 29.2 Å². The number of hydrogen-bond acceptors (Lipinski definition) is 3. The lowest BCUT2D eigenvalue weighted by molar-refractivity contribution is 0.0579. The fourth-order valence-corrected chi connectivity index (χ4v) is 3.17. The first-order chi connectivity index (χ1) is 8.42. The van der Waals surface area contributed by atoms with Gasteiger partial charge >= 0.3 is 6.09 Å². The molecule has 1 aromatic carbocycles. The van der Waals surface area contributed by atoms with Crippen molar-refractivity contribution in [3.05, 3.63) is 24.3 Å². The summed E-state index contributed by atoms with van der Waals surface area (Å²) in [5.41, 5.74) is 0.373. The molecule has 98 valence electrons. The normalized spacial score (nSPS) is 18.7. The van der Waals surface area contributed by atoms with E-state index < -0.39 is 5.60 Å². The van der Waals surface area contributed by atoms with Gasteiger partial charge in [-0.3, -0.25) is 4.90 Å². The maximum Gasteiger partial charge on any atom is 0.415 e. The number of para-hydroxylation sites is 1. The van der Waals surface area contributed by atoms with Gasteiger partial charge in [0.05, 0.1) is 11.6 Å². The molecule has 5 heteroatoms. The topological polar surface area (TPSA) is 29.5 Å². The van der Waals surface area contributed by atoms with Crippen LogP contribution < -0.4 is 4.90 Å². The molecule has 1 aliphatic heterocycles. The zero-order valence-corrected chi connectivity index (χ0v) is 12.2. The van der Waals surface area contributed by atoms with Crippen LogP contribution in [-0.2, 0) is 4.74 Å². The van der Waals surface area contributed by atoms with Crippen molar-refractivity contribution in [2.75, 3.05) is 10.8 Å². The van der Waals surface area contributed by atoms with Crippen LogP contribution in [0.1, 0.15) is 20.8 Å². The summed E-state index contributed by atoms with van der Waals surface area (Å²) in [5, 5.41) is -0.0982. The molecule has 3 nitrogen and oxygen atoms in total. The van der Waals surface area contributed by atoms with E-state index in [1.54, 1.807) is 16.7 Å². The van der Waals surface area contributed by atoms with E-state index in [-0.39, 0.29) is 11.5 Å². The summed E-state index contributed by atoms with van der Waals surface area (Å²) in [6.45, 7) is 5.57. The van der Waals surface area contributed by atoms with Gasteiger partial charge in [0.1, 0.15) is 11.0 Å². The summed E-state index contributed by atoms with van der Waals surface area (Å²) in [6, 6.07) is 7.77. The van der Waals surface area contributed by atoms with Gasteiger partial charge < -0.3 is 4.74 Å². The van der Waals surface area contributed by atoms with Crippen LogP contribution in [0.3, 0.4) is 0 Å². The molecule has 1 heterocycles. The maximum absolute atomic E-state index is 12.2.